The minimum Gasteiger partial charge on any atom is -0.399 e. The fraction of sp³-hybridized carbons (Fsp3) is 0.0625. The van der Waals surface area contributed by atoms with Crippen LogP contribution in [0.1, 0.15) is 11.1 Å². The number of para-hydroxylation sites is 2. The molecular weight excluding hydrogens is 440 g/mol. The molecule has 4 N–H and O–H groups in total. The average molecular weight is 471 g/mol. The van der Waals surface area contributed by atoms with Crippen molar-refractivity contribution in [3.05, 3.63) is 145 Å². The molecule has 178 valence electrons. The quantitative estimate of drug-likeness (QED) is 0.230. The fourth-order valence-corrected chi connectivity index (χ4v) is 4.30. The Kier molecular flexibility index (Phi) is 6.86. The van der Waals surface area contributed by atoms with Crippen molar-refractivity contribution in [2.45, 2.75) is 13.1 Å². The Morgan fingerprint density at radius 1 is 0.361 bits per heavy atom. The summed E-state index contributed by atoms with van der Waals surface area (Å²) in [6, 6.07) is 45.8. The van der Waals surface area contributed by atoms with Gasteiger partial charge in [0.05, 0.1) is 0 Å². The predicted molar refractivity (Wildman–Crippen MR) is 153 cm³/mol. The zero-order valence-corrected chi connectivity index (χ0v) is 20.2. The second kappa shape index (κ2) is 10.7. The van der Waals surface area contributed by atoms with Crippen LogP contribution in [0.15, 0.2) is 133 Å². The van der Waals surface area contributed by atoms with Crippen LogP contribution in [0.4, 0.5) is 34.1 Å². The fourth-order valence-electron chi connectivity index (χ4n) is 4.30. The van der Waals surface area contributed by atoms with Crippen LogP contribution in [-0.2, 0) is 13.1 Å². The molecule has 0 saturated heterocycles. The number of rotatable bonds is 8. The van der Waals surface area contributed by atoms with E-state index in [1.54, 1.807) is 0 Å². The van der Waals surface area contributed by atoms with Crippen LogP contribution in [0.2, 0.25) is 0 Å². The lowest BCUT2D eigenvalue weighted by molar-refractivity contribution is 0.955. The monoisotopic (exact) mass is 470 g/mol. The molecule has 0 bridgehead atoms. The highest BCUT2D eigenvalue weighted by atomic mass is 15.1. The molecule has 4 heteroatoms. The van der Waals surface area contributed by atoms with Gasteiger partial charge in [-0.1, -0.05) is 60.7 Å². The number of hydrogen-bond acceptors (Lipinski definition) is 4. The van der Waals surface area contributed by atoms with Crippen molar-refractivity contribution in [3.8, 4) is 0 Å². The molecule has 0 radical (unpaired) electrons. The molecule has 0 heterocycles. The first-order valence-electron chi connectivity index (χ1n) is 12.1. The summed E-state index contributed by atoms with van der Waals surface area (Å²) in [4.78, 5) is 4.61. The second-order valence-electron chi connectivity index (χ2n) is 8.84. The predicted octanol–water partition coefficient (Wildman–Crippen LogP) is 7.53. The third-order valence-electron chi connectivity index (χ3n) is 6.25. The van der Waals surface area contributed by atoms with Gasteiger partial charge in [0, 0.05) is 47.2 Å². The summed E-state index contributed by atoms with van der Waals surface area (Å²) >= 11 is 0. The van der Waals surface area contributed by atoms with Gasteiger partial charge in [-0.05, 0) is 83.9 Å². The number of nitrogens with two attached hydrogens (primary N) is 2. The first-order chi connectivity index (χ1) is 17.7. The van der Waals surface area contributed by atoms with E-state index in [4.69, 9.17) is 11.5 Å². The summed E-state index contributed by atoms with van der Waals surface area (Å²) in [5.74, 6) is 0. The van der Waals surface area contributed by atoms with Gasteiger partial charge < -0.3 is 21.3 Å². The molecule has 0 aliphatic rings. The molecule has 0 atom stereocenters. The third kappa shape index (κ3) is 5.50. The standard InChI is InChI=1S/C32H30N4/c33-27-15-19-31(20-16-27)35(29-7-3-1-4-8-29)23-25-11-13-26(14-12-25)24-36(30-9-5-2-6-10-30)32-21-17-28(34)18-22-32/h1-22H,23-24,33-34H2. The van der Waals surface area contributed by atoms with Gasteiger partial charge in [-0.3, -0.25) is 0 Å². The van der Waals surface area contributed by atoms with Crippen LogP contribution in [-0.4, -0.2) is 0 Å². The van der Waals surface area contributed by atoms with Gasteiger partial charge in [-0.2, -0.15) is 0 Å². The smallest absolute Gasteiger partial charge is 0.0481 e. The summed E-state index contributed by atoms with van der Waals surface area (Å²) in [7, 11) is 0. The van der Waals surface area contributed by atoms with Crippen LogP contribution in [0.3, 0.4) is 0 Å². The first-order valence-corrected chi connectivity index (χ1v) is 12.1. The largest absolute Gasteiger partial charge is 0.399 e. The highest BCUT2D eigenvalue weighted by molar-refractivity contribution is 5.66. The Morgan fingerprint density at radius 3 is 1.00 bits per heavy atom. The zero-order valence-electron chi connectivity index (χ0n) is 20.2. The third-order valence-corrected chi connectivity index (χ3v) is 6.25. The molecule has 0 aliphatic heterocycles. The summed E-state index contributed by atoms with van der Waals surface area (Å²) in [6.07, 6.45) is 0. The summed E-state index contributed by atoms with van der Waals surface area (Å²) in [6.45, 7) is 1.52. The van der Waals surface area contributed by atoms with Crippen molar-refractivity contribution in [1.29, 1.82) is 0 Å². The maximum atomic E-state index is 5.94. The van der Waals surface area contributed by atoms with Gasteiger partial charge in [0.2, 0.25) is 0 Å². The minimum absolute atomic E-state index is 0.759. The van der Waals surface area contributed by atoms with E-state index < -0.39 is 0 Å². The second-order valence-corrected chi connectivity index (χ2v) is 8.84. The molecule has 0 unspecified atom stereocenters. The Hall–Kier alpha value is -4.70. The van der Waals surface area contributed by atoms with Crippen molar-refractivity contribution < 1.29 is 0 Å². The molecule has 5 aromatic rings. The molecular formula is C32H30N4. The van der Waals surface area contributed by atoms with E-state index >= 15 is 0 Å². The van der Waals surface area contributed by atoms with E-state index in [0.717, 1.165) is 47.2 Å². The Balaban J connectivity index is 1.39. The number of anilines is 6. The number of hydrogen-bond donors (Lipinski definition) is 2. The zero-order chi connectivity index (χ0) is 24.7. The molecule has 0 amide bonds. The van der Waals surface area contributed by atoms with Crippen molar-refractivity contribution in [2.75, 3.05) is 21.3 Å². The maximum absolute atomic E-state index is 5.94. The molecule has 0 aliphatic carbocycles. The van der Waals surface area contributed by atoms with Gasteiger partial charge >= 0.3 is 0 Å². The highest BCUT2D eigenvalue weighted by Gasteiger charge is 2.12. The van der Waals surface area contributed by atoms with Crippen LogP contribution in [0.5, 0.6) is 0 Å². The van der Waals surface area contributed by atoms with Gasteiger partial charge in [0.25, 0.3) is 0 Å². The van der Waals surface area contributed by atoms with Gasteiger partial charge in [0.15, 0.2) is 0 Å². The van der Waals surface area contributed by atoms with E-state index in [9.17, 15) is 0 Å². The lowest BCUT2D eigenvalue weighted by atomic mass is 10.1. The average Bonchev–Trinajstić information content (AvgIpc) is 2.93. The van der Waals surface area contributed by atoms with E-state index in [1.807, 2.05) is 36.4 Å². The molecule has 0 aromatic heterocycles. The van der Waals surface area contributed by atoms with Crippen LogP contribution in [0, 0.1) is 0 Å². The maximum Gasteiger partial charge on any atom is 0.0481 e. The summed E-state index contributed by atoms with van der Waals surface area (Å²) < 4.78 is 0. The molecule has 5 rings (SSSR count). The topological polar surface area (TPSA) is 58.5 Å². The normalized spacial score (nSPS) is 10.7. The van der Waals surface area contributed by atoms with E-state index in [-0.39, 0.29) is 0 Å². The Morgan fingerprint density at radius 2 is 0.667 bits per heavy atom. The molecule has 0 saturated carbocycles. The van der Waals surface area contributed by atoms with E-state index in [0.29, 0.717) is 0 Å². The molecule has 4 nitrogen and oxygen atoms in total. The highest BCUT2D eigenvalue weighted by Crippen LogP contribution is 2.30. The van der Waals surface area contributed by atoms with Crippen LogP contribution >= 0.6 is 0 Å². The lowest BCUT2D eigenvalue weighted by Crippen LogP contribution is -2.17. The summed E-state index contributed by atoms with van der Waals surface area (Å²) in [5, 5.41) is 0. The van der Waals surface area contributed by atoms with Gasteiger partial charge in [0.1, 0.15) is 0 Å². The molecule has 5 aromatic carbocycles. The number of benzene rings is 5. The Labute approximate surface area is 213 Å². The Bertz CT molecular complexity index is 1260. The summed E-state index contributed by atoms with van der Waals surface area (Å²) in [5.41, 5.74) is 20.4. The van der Waals surface area contributed by atoms with Crippen molar-refractivity contribution in [1.82, 2.24) is 0 Å². The lowest BCUT2D eigenvalue weighted by Gasteiger charge is -2.27. The van der Waals surface area contributed by atoms with E-state index in [2.05, 4.69) is 107 Å². The van der Waals surface area contributed by atoms with Gasteiger partial charge in [-0.15, -0.1) is 0 Å². The van der Waals surface area contributed by atoms with Crippen molar-refractivity contribution in [2.24, 2.45) is 0 Å². The molecule has 36 heavy (non-hydrogen) atoms. The van der Waals surface area contributed by atoms with Crippen LogP contribution in [0.25, 0.3) is 0 Å². The first kappa shape index (κ1) is 23.1. The molecule has 0 spiro atoms. The van der Waals surface area contributed by atoms with E-state index in [1.165, 1.54) is 11.1 Å². The van der Waals surface area contributed by atoms with Crippen molar-refractivity contribution >= 4 is 34.1 Å². The minimum atomic E-state index is 0.759. The SMILES string of the molecule is Nc1ccc(N(Cc2ccc(CN(c3ccccc3)c3ccc(N)cc3)cc2)c2ccccc2)cc1. The van der Waals surface area contributed by atoms with Crippen molar-refractivity contribution in [3.63, 3.8) is 0 Å². The number of nitrogens with zero attached hydrogens (tertiary/aromatic N) is 2. The number of nitrogen functional groups attached to an aromatic ring is 2. The molecule has 0 fully saturated rings. The van der Waals surface area contributed by atoms with Crippen LogP contribution < -0.4 is 21.3 Å². The van der Waals surface area contributed by atoms with Gasteiger partial charge in [-0.25, -0.2) is 0 Å².